The van der Waals surface area contributed by atoms with Gasteiger partial charge in [-0.05, 0) is 18.9 Å². The minimum atomic E-state index is -4.36. The quantitative estimate of drug-likeness (QED) is 0.255. The van der Waals surface area contributed by atoms with E-state index in [1.165, 1.54) is 6.92 Å². The Kier molecular flexibility index (Phi) is 8.92. The van der Waals surface area contributed by atoms with E-state index in [-0.39, 0.29) is 5.92 Å². The number of allylic oxidation sites excluding steroid dienone is 1. The van der Waals surface area contributed by atoms with Crippen molar-refractivity contribution in [3.8, 4) is 0 Å². The van der Waals surface area contributed by atoms with Crippen LogP contribution >= 0.6 is 77.4 Å². The maximum atomic E-state index is 12.4. The molecule has 11 heteroatoms. The van der Waals surface area contributed by atoms with Crippen LogP contribution in [0.25, 0.3) is 0 Å². The molecule has 0 aromatic rings. The summed E-state index contributed by atoms with van der Waals surface area (Å²) in [6.07, 6.45) is 2.66. The molecule has 20 heavy (non-hydrogen) atoms. The summed E-state index contributed by atoms with van der Waals surface area (Å²) in [5, 5.41) is 0. The van der Waals surface area contributed by atoms with Crippen molar-refractivity contribution in [1.82, 2.24) is 0 Å². The van der Waals surface area contributed by atoms with Crippen LogP contribution < -0.4 is 0 Å². The van der Waals surface area contributed by atoms with Gasteiger partial charge in [-0.15, -0.1) is 0 Å². The summed E-state index contributed by atoms with van der Waals surface area (Å²) in [6.45, 7) is 4.92. The van der Waals surface area contributed by atoms with E-state index in [4.69, 9.17) is 83.2 Å². The molecule has 0 bridgehead atoms. The zero-order chi connectivity index (χ0) is 16.2. The van der Waals surface area contributed by atoms with Crippen LogP contribution in [0.4, 0.5) is 0 Å². The van der Waals surface area contributed by atoms with E-state index in [0.717, 1.165) is 6.26 Å². The summed E-state index contributed by atoms with van der Waals surface area (Å²) in [7, 11) is -4.36. The van der Waals surface area contributed by atoms with Gasteiger partial charge < -0.3 is 4.52 Å². The highest BCUT2D eigenvalue weighted by atomic mass is 35.5. The van der Waals surface area contributed by atoms with Crippen molar-refractivity contribution < 1.29 is 18.1 Å². The lowest BCUT2D eigenvalue weighted by Crippen LogP contribution is -2.26. The van der Waals surface area contributed by atoms with Gasteiger partial charge in [0.1, 0.15) is 0 Å². The Balaban J connectivity index is 5.12. The third-order valence-electron chi connectivity index (χ3n) is 1.41. The molecule has 0 spiro atoms. The van der Waals surface area contributed by atoms with E-state index in [1.54, 1.807) is 6.08 Å². The molecule has 0 rings (SSSR count). The lowest BCUT2D eigenvalue weighted by Gasteiger charge is -2.27. The van der Waals surface area contributed by atoms with Crippen LogP contribution in [0.5, 0.6) is 0 Å². The molecule has 0 aliphatic carbocycles. The first-order valence-electron chi connectivity index (χ1n) is 5.18. The lowest BCUT2D eigenvalue weighted by atomic mass is 10.2. The first-order chi connectivity index (χ1) is 8.77. The maximum Gasteiger partial charge on any atom is 0.534 e. The Hall–Kier alpha value is 1.43. The van der Waals surface area contributed by atoms with E-state index >= 15 is 0 Å². The van der Waals surface area contributed by atoms with Gasteiger partial charge in [-0.25, -0.2) is 13.6 Å². The number of halogens is 6. The van der Waals surface area contributed by atoms with Gasteiger partial charge in [0.2, 0.25) is 4.52 Å². The molecule has 0 saturated carbocycles. The molecule has 1 atom stereocenters. The Morgan fingerprint density at radius 1 is 1.10 bits per heavy atom. The van der Waals surface area contributed by atoms with E-state index in [2.05, 4.69) is 0 Å². The summed E-state index contributed by atoms with van der Waals surface area (Å²) < 4.78 is 22.7. The molecule has 0 aromatic heterocycles. The second kappa shape index (κ2) is 8.33. The van der Waals surface area contributed by atoms with E-state index < -0.39 is 21.7 Å². The number of phosphoric acid groups is 1. The molecule has 120 valence electrons. The second-order valence-corrected chi connectivity index (χ2v) is 9.50. The third kappa shape index (κ3) is 9.45. The average Bonchev–Trinajstić information content (AvgIpc) is 2.11. The largest absolute Gasteiger partial charge is 0.534 e. The summed E-state index contributed by atoms with van der Waals surface area (Å²) >= 11 is 33.5. The van der Waals surface area contributed by atoms with Crippen molar-refractivity contribution in [2.24, 2.45) is 5.92 Å². The van der Waals surface area contributed by atoms with Crippen molar-refractivity contribution in [3.63, 3.8) is 0 Å². The van der Waals surface area contributed by atoms with Crippen LogP contribution in [0.15, 0.2) is 12.3 Å². The number of hydrogen-bond acceptors (Lipinski definition) is 4. The van der Waals surface area contributed by atoms with Crippen molar-refractivity contribution in [2.45, 2.75) is 34.6 Å². The van der Waals surface area contributed by atoms with Crippen LogP contribution in [0.2, 0.25) is 0 Å². The average molecular weight is 429 g/mol. The molecule has 0 radical (unpaired) electrons. The minimum absolute atomic E-state index is 0.118. The number of phosphoric ester groups is 1. The van der Waals surface area contributed by atoms with Crippen LogP contribution in [-0.4, -0.2) is 13.9 Å². The molecule has 0 aromatic carbocycles. The first kappa shape index (κ1) is 21.4. The standard InChI is InChI=1S/C9H13Cl6O4P/c1-6(2)4-5-17-20(16,18-8(3,12)13)19-9(14,15)7(10)11/h4-7H,1-3H3/b5-4+. The Bertz CT molecular complexity index is 379. The fraction of sp³-hybridized carbons (Fsp3) is 0.778. The van der Waals surface area contributed by atoms with Gasteiger partial charge in [-0.2, -0.15) is 0 Å². The van der Waals surface area contributed by atoms with Crippen LogP contribution in [0, 0.1) is 5.92 Å². The second-order valence-electron chi connectivity index (χ2n) is 3.98. The van der Waals surface area contributed by atoms with E-state index in [0.29, 0.717) is 0 Å². The molecule has 0 amide bonds. The van der Waals surface area contributed by atoms with Gasteiger partial charge in [0.05, 0.1) is 6.26 Å². The molecule has 0 fully saturated rings. The molecule has 1 unspecified atom stereocenters. The van der Waals surface area contributed by atoms with Gasteiger partial charge in [0.25, 0.3) is 4.52 Å². The van der Waals surface area contributed by atoms with Crippen LogP contribution in [-0.2, 0) is 18.1 Å². The number of rotatable bonds is 8. The third-order valence-corrected chi connectivity index (χ3v) is 5.13. The predicted octanol–water partition coefficient (Wildman–Crippen LogP) is 6.40. The Morgan fingerprint density at radius 2 is 1.60 bits per heavy atom. The smallest absolute Gasteiger partial charge is 0.412 e. The molecule has 0 N–H and O–H groups in total. The number of hydrogen-bond donors (Lipinski definition) is 0. The Morgan fingerprint density at radius 3 is 1.95 bits per heavy atom. The van der Waals surface area contributed by atoms with Crippen LogP contribution in [0.3, 0.4) is 0 Å². The molecule has 4 nitrogen and oxygen atoms in total. The van der Waals surface area contributed by atoms with Gasteiger partial charge in [-0.3, -0.25) is 0 Å². The summed E-state index contributed by atoms with van der Waals surface area (Å²) in [4.78, 5) is -1.43. The minimum Gasteiger partial charge on any atom is -0.412 e. The SMILES string of the molecule is CC(C)/C=C/OP(=O)(OC(C)(Cl)Cl)OC(Cl)(Cl)C(Cl)Cl. The summed E-state index contributed by atoms with van der Waals surface area (Å²) in [6, 6.07) is 0. The highest BCUT2D eigenvalue weighted by Crippen LogP contribution is 2.60. The van der Waals surface area contributed by atoms with Gasteiger partial charge in [-0.1, -0.05) is 83.5 Å². The zero-order valence-corrected chi connectivity index (χ0v) is 16.1. The van der Waals surface area contributed by atoms with Gasteiger partial charge in [0.15, 0.2) is 4.84 Å². The van der Waals surface area contributed by atoms with E-state index in [1.807, 2.05) is 13.8 Å². The topological polar surface area (TPSA) is 44.8 Å². The molecule has 0 heterocycles. The van der Waals surface area contributed by atoms with E-state index in [9.17, 15) is 4.57 Å². The predicted molar refractivity (Wildman–Crippen MR) is 84.9 cm³/mol. The van der Waals surface area contributed by atoms with Crippen molar-refractivity contribution in [3.05, 3.63) is 12.3 Å². The molecular formula is C9H13Cl6O4P. The molecule has 0 aliphatic rings. The fourth-order valence-corrected chi connectivity index (χ4v) is 3.08. The van der Waals surface area contributed by atoms with Crippen molar-refractivity contribution >= 4 is 77.4 Å². The lowest BCUT2D eigenvalue weighted by molar-refractivity contribution is 0.102. The number of alkyl halides is 6. The molecular weight excluding hydrogens is 416 g/mol. The highest BCUT2D eigenvalue weighted by Gasteiger charge is 2.47. The molecule has 0 saturated heterocycles. The monoisotopic (exact) mass is 426 g/mol. The summed E-state index contributed by atoms with van der Waals surface area (Å²) in [5.41, 5.74) is 0. The first-order valence-corrected chi connectivity index (χ1v) is 9.02. The normalized spacial score (nSPS) is 16.9. The fourth-order valence-electron chi connectivity index (χ4n) is 0.714. The summed E-state index contributed by atoms with van der Waals surface area (Å²) in [5.74, 6) is 0.118. The van der Waals surface area contributed by atoms with Crippen molar-refractivity contribution in [2.75, 3.05) is 0 Å². The Labute approximate surface area is 148 Å². The maximum absolute atomic E-state index is 12.4. The van der Waals surface area contributed by atoms with Crippen LogP contribution in [0.1, 0.15) is 20.8 Å². The van der Waals surface area contributed by atoms with Gasteiger partial charge in [0, 0.05) is 0 Å². The van der Waals surface area contributed by atoms with Gasteiger partial charge >= 0.3 is 7.82 Å². The zero-order valence-electron chi connectivity index (χ0n) is 10.7. The highest BCUT2D eigenvalue weighted by molar-refractivity contribution is 7.49. The van der Waals surface area contributed by atoms with Crippen molar-refractivity contribution in [1.29, 1.82) is 0 Å². The molecule has 0 aliphatic heterocycles.